The van der Waals surface area contributed by atoms with E-state index < -0.39 is 17.7 Å². The van der Waals surface area contributed by atoms with Crippen molar-refractivity contribution in [3.63, 3.8) is 0 Å². The van der Waals surface area contributed by atoms with Crippen molar-refractivity contribution in [3.05, 3.63) is 59.9 Å². The summed E-state index contributed by atoms with van der Waals surface area (Å²) in [6, 6.07) is 8.41. The van der Waals surface area contributed by atoms with Gasteiger partial charge in [0.05, 0.1) is 5.69 Å². The smallest absolute Gasteiger partial charge is 0.168 e. The maximum atomic E-state index is 13.4. The number of ether oxygens (including phenoxy) is 1. The van der Waals surface area contributed by atoms with Gasteiger partial charge in [0.1, 0.15) is 5.82 Å². The third-order valence-electron chi connectivity index (χ3n) is 2.39. The number of rotatable bonds is 4. The molecule has 0 saturated heterocycles. The number of nitrogens with two attached hydrogens (primary N) is 1. The van der Waals surface area contributed by atoms with Crippen molar-refractivity contribution >= 4 is 0 Å². The molecule has 0 aliphatic heterocycles. The molecule has 94 valence electrons. The number of nitrogens with zero attached hydrogens (tertiary/aromatic N) is 1. The molecule has 0 spiro atoms. The van der Waals surface area contributed by atoms with E-state index in [4.69, 9.17) is 10.5 Å². The Bertz CT molecular complexity index is 520. The fourth-order valence-corrected chi connectivity index (χ4v) is 1.52. The fraction of sp³-hybridized carbons (Fsp3) is 0.154. The van der Waals surface area contributed by atoms with Gasteiger partial charge in [-0.1, -0.05) is 6.07 Å². The molecule has 0 aliphatic carbocycles. The molecule has 1 aromatic heterocycles. The van der Waals surface area contributed by atoms with E-state index in [-0.39, 0.29) is 12.3 Å². The van der Waals surface area contributed by atoms with Crippen LogP contribution in [0, 0.1) is 11.6 Å². The number of halogens is 2. The lowest BCUT2D eigenvalue weighted by atomic mass is 10.2. The highest BCUT2D eigenvalue weighted by molar-refractivity contribution is 5.25. The van der Waals surface area contributed by atoms with Crippen LogP contribution >= 0.6 is 0 Å². The molecule has 3 nitrogen and oxygen atoms in total. The second-order valence-corrected chi connectivity index (χ2v) is 3.67. The number of hydrogen-bond acceptors (Lipinski definition) is 3. The fourth-order valence-electron chi connectivity index (χ4n) is 1.52. The van der Waals surface area contributed by atoms with E-state index in [0.29, 0.717) is 5.69 Å². The zero-order chi connectivity index (χ0) is 13.0. The minimum absolute atomic E-state index is 0.0440. The monoisotopic (exact) mass is 250 g/mol. The first-order valence-corrected chi connectivity index (χ1v) is 5.43. The maximum absolute atomic E-state index is 13.4. The van der Waals surface area contributed by atoms with Gasteiger partial charge >= 0.3 is 0 Å². The van der Waals surface area contributed by atoms with Crippen molar-refractivity contribution in [2.75, 3.05) is 6.54 Å². The molecule has 0 aliphatic rings. The van der Waals surface area contributed by atoms with Crippen LogP contribution in [0.4, 0.5) is 8.78 Å². The van der Waals surface area contributed by atoms with Crippen molar-refractivity contribution in [2.45, 2.75) is 6.10 Å². The van der Waals surface area contributed by atoms with Crippen LogP contribution in [-0.4, -0.2) is 11.5 Å². The lowest BCUT2D eigenvalue weighted by Crippen LogP contribution is -2.19. The van der Waals surface area contributed by atoms with E-state index in [2.05, 4.69) is 4.98 Å². The van der Waals surface area contributed by atoms with Gasteiger partial charge in [0.25, 0.3) is 0 Å². The molecular formula is C13H12F2N2O. The van der Waals surface area contributed by atoms with Crippen LogP contribution in [0.1, 0.15) is 11.8 Å². The molecule has 5 heteroatoms. The van der Waals surface area contributed by atoms with Gasteiger partial charge in [-0.25, -0.2) is 8.78 Å². The number of hydrogen-bond donors (Lipinski definition) is 1. The van der Waals surface area contributed by atoms with Gasteiger partial charge in [0.2, 0.25) is 0 Å². The van der Waals surface area contributed by atoms with Crippen LogP contribution in [0.3, 0.4) is 0 Å². The Kier molecular flexibility index (Phi) is 3.84. The Labute approximate surface area is 103 Å². The van der Waals surface area contributed by atoms with Gasteiger partial charge < -0.3 is 10.5 Å². The summed E-state index contributed by atoms with van der Waals surface area (Å²) in [4.78, 5) is 4.09. The van der Waals surface area contributed by atoms with Gasteiger partial charge in [-0.3, -0.25) is 4.98 Å². The van der Waals surface area contributed by atoms with E-state index >= 15 is 0 Å². The molecule has 2 N–H and O–H groups in total. The summed E-state index contributed by atoms with van der Waals surface area (Å²) < 4.78 is 31.6. The van der Waals surface area contributed by atoms with E-state index in [1.165, 1.54) is 6.07 Å². The Morgan fingerprint density at radius 3 is 2.67 bits per heavy atom. The highest BCUT2D eigenvalue weighted by Gasteiger charge is 2.15. The molecule has 0 bridgehead atoms. The Balaban J connectivity index is 2.21. The first-order chi connectivity index (χ1) is 8.70. The topological polar surface area (TPSA) is 48.1 Å². The largest absolute Gasteiger partial charge is 0.480 e. The van der Waals surface area contributed by atoms with E-state index in [1.54, 1.807) is 24.4 Å². The molecule has 0 radical (unpaired) electrons. The van der Waals surface area contributed by atoms with Gasteiger partial charge in [-0.05, 0) is 24.3 Å². The van der Waals surface area contributed by atoms with Crippen LogP contribution in [-0.2, 0) is 0 Å². The predicted molar refractivity (Wildman–Crippen MR) is 63.0 cm³/mol. The molecule has 0 fully saturated rings. The number of pyridine rings is 1. The zero-order valence-corrected chi connectivity index (χ0v) is 9.51. The van der Waals surface area contributed by atoms with Gasteiger partial charge in [-0.15, -0.1) is 0 Å². The minimum Gasteiger partial charge on any atom is -0.480 e. The lowest BCUT2D eigenvalue weighted by molar-refractivity contribution is 0.199. The number of aromatic nitrogens is 1. The third kappa shape index (κ3) is 2.81. The van der Waals surface area contributed by atoms with E-state index in [9.17, 15) is 8.78 Å². The lowest BCUT2D eigenvalue weighted by Gasteiger charge is -2.17. The molecule has 18 heavy (non-hydrogen) atoms. The summed E-state index contributed by atoms with van der Waals surface area (Å²) >= 11 is 0. The summed E-state index contributed by atoms with van der Waals surface area (Å²) in [5.41, 5.74) is 6.17. The maximum Gasteiger partial charge on any atom is 0.168 e. The summed E-state index contributed by atoms with van der Waals surface area (Å²) in [7, 11) is 0. The van der Waals surface area contributed by atoms with Crippen LogP contribution < -0.4 is 10.5 Å². The minimum atomic E-state index is -0.760. The van der Waals surface area contributed by atoms with Gasteiger partial charge in [0.15, 0.2) is 17.7 Å². The summed E-state index contributed by atoms with van der Waals surface area (Å²) in [6.45, 7) is 0.147. The van der Waals surface area contributed by atoms with Crippen molar-refractivity contribution in [1.82, 2.24) is 4.98 Å². The quantitative estimate of drug-likeness (QED) is 0.906. The summed E-state index contributed by atoms with van der Waals surface area (Å²) in [5.74, 6) is -1.45. The number of benzene rings is 1. The summed E-state index contributed by atoms with van der Waals surface area (Å²) in [5, 5.41) is 0. The predicted octanol–water partition coefficient (Wildman–Crippen LogP) is 2.44. The van der Waals surface area contributed by atoms with E-state index in [0.717, 1.165) is 12.1 Å². The van der Waals surface area contributed by atoms with Crippen molar-refractivity contribution in [1.29, 1.82) is 0 Å². The highest BCUT2D eigenvalue weighted by atomic mass is 19.1. The molecule has 1 aromatic carbocycles. The first kappa shape index (κ1) is 12.4. The van der Waals surface area contributed by atoms with Crippen LogP contribution in [0.5, 0.6) is 5.75 Å². The molecule has 1 heterocycles. The van der Waals surface area contributed by atoms with Crippen LogP contribution in [0.25, 0.3) is 0 Å². The normalized spacial score (nSPS) is 12.2. The summed E-state index contributed by atoms with van der Waals surface area (Å²) in [6.07, 6.45) is 1.04. The van der Waals surface area contributed by atoms with Crippen molar-refractivity contribution in [2.24, 2.45) is 5.73 Å². The molecule has 1 atom stereocenters. The Hall–Kier alpha value is -2.01. The van der Waals surface area contributed by atoms with Gasteiger partial charge in [-0.2, -0.15) is 0 Å². The standard InChI is InChI=1S/C13H12F2N2O/c14-9-4-5-12(10(15)7-9)18-13(8-16)11-3-1-2-6-17-11/h1-7,13H,8,16H2. The van der Waals surface area contributed by atoms with Gasteiger partial charge in [0, 0.05) is 18.8 Å². The molecule has 0 saturated carbocycles. The second-order valence-electron chi connectivity index (χ2n) is 3.67. The molecule has 0 amide bonds. The average molecular weight is 250 g/mol. The molecule has 1 unspecified atom stereocenters. The SMILES string of the molecule is NCC(Oc1ccc(F)cc1F)c1ccccn1. The highest BCUT2D eigenvalue weighted by Crippen LogP contribution is 2.23. The van der Waals surface area contributed by atoms with Crippen LogP contribution in [0.2, 0.25) is 0 Å². The first-order valence-electron chi connectivity index (χ1n) is 5.43. The van der Waals surface area contributed by atoms with Crippen molar-refractivity contribution in [3.8, 4) is 5.75 Å². The Morgan fingerprint density at radius 2 is 2.06 bits per heavy atom. The molecular weight excluding hydrogens is 238 g/mol. The van der Waals surface area contributed by atoms with E-state index in [1.807, 2.05) is 0 Å². The average Bonchev–Trinajstić information content (AvgIpc) is 2.39. The second kappa shape index (κ2) is 5.55. The Morgan fingerprint density at radius 1 is 1.22 bits per heavy atom. The van der Waals surface area contributed by atoms with Crippen LogP contribution in [0.15, 0.2) is 42.6 Å². The zero-order valence-electron chi connectivity index (χ0n) is 9.51. The molecule has 2 aromatic rings. The molecule has 2 rings (SSSR count). The third-order valence-corrected chi connectivity index (χ3v) is 2.39. The van der Waals surface area contributed by atoms with Crippen molar-refractivity contribution < 1.29 is 13.5 Å².